The van der Waals surface area contributed by atoms with E-state index in [-0.39, 0.29) is 23.6 Å². The summed E-state index contributed by atoms with van der Waals surface area (Å²) in [6.07, 6.45) is 0.894. The Kier molecular flexibility index (Phi) is 5.80. The molecule has 1 aliphatic rings. The summed E-state index contributed by atoms with van der Waals surface area (Å²) in [7, 11) is 1.43. The van der Waals surface area contributed by atoms with E-state index in [2.05, 4.69) is 10.3 Å². The number of halogens is 2. The van der Waals surface area contributed by atoms with Gasteiger partial charge in [-0.1, -0.05) is 23.7 Å². The molecule has 0 atom stereocenters. The number of ether oxygens (including phenoxy) is 1. The zero-order valence-electron chi connectivity index (χ0n) is 18.2. The molecule has 2 amide bonds. The highest BCUT2D eigenvalue weighted by Crippen LogP contribution is 2.42. The van der Waals surface area contributed by atoms with Gasteiger partial charge in [-0.3, -0.25) is 9.59 Å². The van der Waals surface area contributed by atoms with Crippen LogP contribution in [0.1, 0.15) is 39.4 Å². The Morgan fingerprint density at radius 1 is 1.21 bits per heavy atom. The van der Waals surface area contributed by atoms with Crippen molar-refractivity contribution in [2.45, 2.75) is 25.4 Å². The number of aryl methyl sites for hydroxylation is 1. The predicted molar refractivity (Wildman–Crippen MR) is 126 cm³/mol. The van der Waals surface area contributed by atoms with Gasteiger partial charge in [0.2, 0.25) is 0 Å². The van der Waals surface area contributed by atoms with E-state index in [1.807, 2.05) is 6.92 Å². The molecule has 0 spiro atoms. The number of alkyl halides is 1. The van der Waals surface area contributed by atoms with Crippen molar-refractivity contribution in [3.8, 4) is 28.0 Å². The molecule has 0 unspecified atom stereocenters. The maximum absolute atomic E-state index is 13.9. The minimum Gasteiger partial charge on any atom is -0.496 e. The molecule has 33 heavy (non-hydrogen) atoms. The number of amides is 2. The molecule has 4 rings (SSSR count). The average molecular weight is 471 g/mol. The smallest absolute Gasteiger partial charge is 0.265 e. The molecule has 1 saturated carbocycles. The second kappa shape index (κ2) is 8.44. The van der Waals surface area contributed by atoms with Gasteiger partial charge in [-0.25, -0.2) is 4.39 Å². The summed E-state index contributed by atoms with van der Waals surface area (Å²) < 4.78 is 19.4. The van der Waals surface area contributed by atoms with Gasteiger partial charge < -0.3 is 26.5 Å². The number of aromatic nitrogens is 1. The van der Waals surface area contributed by atoms with Gasteiger partial charge in [-0.2, -0.15) is 0 Å². The second-order valence-corrected chi connectivity index (χ2v) is 8.63. The summed E-state index contributed by atoms with van der Waals surface area (Å²) in [5.74, 6) is -0.814. The Morgan fingerprint density at radius 2 is 1.94 bits per heavy atom. The highest BCUT2D eigenvalue weighted by molar-refractivity contribution is 6.34. The average Bonchev–Trinajstić information content (AvgIpc) is 3.41. The van der Waals surface area contributed by atoms with Crippen molar-refractivity contribution in [1.82, 2.24) is 10.3 Å². The van der Waals surface area contributed by atoms with Crippen LogP contribution >= 0.6 is 11.6 Å². The van der Waals surface area contributed by atoms with Crippen LogP contribution in [-0.2, 0) is 0 Å². The predicted octanol–water partition coefficient (Wildman–Crippen LogP) is 4.23. The zero-order valence-corrected chi connectivity index (χ0v) is 19.0. The summed E-state index contributed by atoms with van der Waals surface area (Å²) >= 11 is 6.47. The molecule has 9 heteroatoms. The lowest BCUT2D eigenvalue weighted by atomic mass is 9.93. The Hall–Kier alpha value is -3.52. The van der Waals surface area contributed by atoms with Gasteiger partial charge in [-0.15, -0.1) is 0 Å². The summed E-state index contributed by atoms with van der Waals surface area (Å²) in [5, 5.41) is 3.03. The van der Waals surface area contributed by atoms with Crippen LogP contribution < -0.4 is 21.5 Å². The highest BCUT2D eigenvalue weighted by Gasteiger charge is 2.43. The van der Waals surface area contributed by atoms with Crippen molar-refractivity contribution >= 4 is 29.1 Å². The third-order valence-electron chi connectivity index (χ3n) is 5.79. The molecule has 1 fully saturated rings. The number of primary amides is 1. The van der Waals surface area contributed by atoms with Crippen LogP contribution in [0.5, 0.6) is 5.75 Å². The fourth-order valence-electron chi connectivity index (χ4n) is 3.85. The molecular weight excluding hydrogens is 447 g/mol. The van der Waals surface area contributed by atoms with Gasteiger partial charge in [-0.05, 0) is 49.6 Å². The molecular formula is C24H24ClFN4O3. The number of benzene rings is 2. The number of methoxy groups -OCH3 is 1. The SMILES string of the molecule is COc1cc(-c2c(C(N)=O)[nH]c(C)c2-c2ccc(N)cc2Cl)ccc1C(=O)NCC1(F)CC1. The summed E-state index contributed by atoms with van der Waals surface area (Å²) in [6, 6.07) is 10.0. The van der Waals surface area contributed by atoms with E-state index in [1.165, 1.54) is 7.11 Å². The first-order valence-electron chi connectivity index (χ1n) is 10.4. The molecule has 1 aromatic heterocycles. The number of hydrogen-bond acceptors (Lipinski definition) is 4. The Labute approximate surface area is 195 Å². The minimum absolute atomic E-state index is 0.0423. The molecule has 172 valence electrons. The quantitative estimate of drug-likeness (QED) is 0.386. The fourth-order valence-corrected chi connectivity index (χ4v) is 4.13. The molecule has 1 aliphatic carbocycles. The molecule has 2 aromatic carbocycles. The lowest BCUT2D eigenvalue weighted by Gasteiger charge is -2.14. The third-order valence-corrected chi connectivity index (χ3v) is 6.10. The van der Waals surface area contributed by atoms with Gasteiger partial charge in [0.1, 0.15) is 17.1 Å². The van der Waals surface area contributed by atoms with E-state index >= 15 is 0 Å². The number of rotatable bonds is 7. The zero-order chi connectivity index (χ0) is 23.9. The number of H-pyrrole nitrogens is 1. The first-order chi connectivity index (χ1) is 15.6. The lowest BCUT2D eigenvalue weighted by molar-refractivity contribution is 0.0933. The van der Waals surface area contributed by atoms with Crippen molar-refractivity contribution in [3.63, 3.8) is 0 Å². The monoisotopic (exact) mass is 470 g/mol. The molecule has 6 N–H and O–H groups in total. The van der Waals surface area contributed by atoms with Crippen LogP contribution in [0.4, 0.5) is 10.1 Å². The van der Waals surface area contributed by atoms with Crippen molar-refractivity contribution in [2.75, 3.05) is 19.4 Å². The molecule has 0 aliphatic heterocycles. The van der Waals surface area contributed by atoms with Crippen molar-refractivity contribution < 1.29 is 18.7 Å². The van der Waals surface area contributed by atoms with Gasteiger partial charge in [0.05, 0.1) is 24.2 Å². The van der Waals surface area contributed by atoms with Crippen LogP contribution in [0.3, 0.4) is 0 Å². The van der Waals surface area contributed by atoms with Crippen LogP contribution in [0.15, 0.2) is 36.4 Å². The molecule has 1 heterocycles. The normalized spacial score (nSPS) is 14.1. The number of nitrogen functional groups attached to an aromatic ring is 1. The Balaban J connectivity index is 1.81. The molecule has 3 aromatic rings. The summed E-state index contributed by atoms with van der Waals surface area (Å²) in [4.78, 5) is 27.9. The number of anilines is 1. The Morgan fingerprint density at radius 3 is 2.55 bits per heavy atom. The van der Waals surface area contributed by atoms with Crippen LogP contribution in [0.2, 0.25) is 5.02 Å². The number of hydrogen-bond donors (Lipinski definition) is 4. The van der Waals surface area contributed by atoms with Crippen molar-refractivity contribution in [1.29, 1.82) is 0 Å². The van der Waals surface area contributed by atoms with E-state index in [0.717, 1.165) is 0 Å². The molecule has 0 radical (unpaired) electrons. The molecule has 0 bridgehead atoms. The van der Waals surface area contributed by atoms with Gasteiger partial charge >= 0.3 is 0 Å². The van der Waals surface area contributed by atoms with E-state index in [1.54, 1.807) is 36.4 Å². The van der Waals surface area contributed by atoms with E-state index in [4.69, 9.17) is 27.8 Å². The Bertz CT molecular complexity index is 1270. The number of nitrogens with two attached hydrogens (primary N) is 2. The van der Waals surface area contributed by atoms with Gasteiger partial charge in [0, 0.05) is 28.1 Å². The fraction of sp³-hybridized carbons (Fsp3) is 0.250. The number of nitrogens with one attached hydrogen (secondary N) is 2. The second-order valence-electron chi connectivity index (χ2n) is 8.23. The van der Waals surface area contributed by atoms with Crippen molar-refractivity contribution in [3.05, 3.63) is 58.4 Å². The van der Waals surface area contributed by atoms with Gasteiger partial charge in [0.15, 0.2) is 0 Å². The maximum Gasteiger partial charge on any atom is 0.265 e. The summed E-state index contributed by atoms with van der Waals surface area (Å²) in [6.45, 7) is 1.76. The van der Waals surface area contributed by atoms with Crippen LogP contribution in [0, 0.1) is 6.92 Å². The van der Waals surface area contributed by atoms with E-state index in [0.29, 0.717) is 51.5 Å². The lowest BCUT2D eigenvalue weighted by Crippen LogP contribution is -2.31. The summed E-state index contributed by atoms with van der Waals surface area (Å²) in [5.41, 5.74) is 14.3. The maximum atomic E-state index is 13.9. The van der Waals surface area contributed by atoms with E-state index in [9.17, 15) is 14.0 Å². The minimum atomic E-state index is -1.31. The van der Waals surface area contributed by atoms with Crippen LogP contribution in [-0.4, -0.2) is 36.1 Å². The molecule has 7 nitrogen and oxygen atoms in total. The number of aromatic amines is 1. The highest BCUT2D eigenvalue weighted by atomic mass is 35.5. The number of carbonyl (C=O) groups excluding carboxylic acids is 2. The standard InChI is InChI=1S/C24H24ClFN4O3/c1-12-19(15-6-4-14(27)10-17(15)25)20(21(30-12)22(28)31)13-3-5-16(18(9-13)33-2)23(32)29-11-24(26)7-8-24/h3-6,9-10,30H,7-8,11,27H2,1-2H3,(H2,28,31)(H,29,32). The molecule has 0 saturated heterocycles. The number of carbonyl (C=O) groups is 2. The van der Waals surface area contributed by atoms with Gasteiger partial charge in [0.25, 0.3) is 11.8 Å². The first kappa shape index (κ1) is 22.7. The topological polar surface area (TPSA) is 123 Å². The van der Waals surface area contributed by atoms with E-state index < -0.39 is 17.5 Å². The van der Waals surface area contributed by atoms with Crippen LogP contribution in [0.25, 0.3) is 22.3 Å². The largest absolute Gasteiger partial charge is 0.496 e. The third kappa shape index (κ3) is 4.39. The van der Waals surface area contributed by atoms with Crippen molar-refractivity contribution in [2.24, 2.45) is 5.73 Å². The first-order valence-corrected chi connectivity index (χ1v) is 10.7.